The molecule has 0 aromatic rings. The zero-order valence-corrected chi connectivity index (χ0v) is 12.5. The van der Waals surface area contributed by atoms with E-state index in [1.54, 1.807) is 0 Å². The highest BCUT2D eigenvalue weighted by Crippen LogP contribution is 2.33. The van der Waals surface area contributed by atoms with Gasteiger partial charge in [0, 0.05) is 27.3 Å². The first-order valence-electron chi connectivity index (χ1n) is 7.14. The minimum Gasteiger partial charge on any atom is -0.461 e. The van der Waals surface area contributed by atoms with Crippen LogP contribution in [0.4, 0.5) is 0 Å². The van der Waals surface area contributed by atoms with E-state index >= 15 is 0 Å². The van der Waals surface area contributed by atoms with Gasteiger partial charge in [-0.1, -0.05) is 0 Å². The molecule has 0 N–H and O–H groups in total. The molecule has 0 aromatic heterocycles. The number of carbonyl (C=O) groups is 3. The van der Waals surface area contributed by atoms with Crippen LogP contribution in [0.25, 0.3) is 0 Å². The number of esters is 3. The summed E-state index contributed by atoms with van der Waals surface area (Å²) < 4.78 is 16.0. The van der Waals surface area contributed by atoms with Crippen LogP contribution in [0, 0.1) is 0 Å². The molecule has 118 valence electrons. The van der Waals surface area contributed by atoms with Gasteiger partial charge in [0.2, 0.25) is 0 Å². The molecule has 4 atom stereocenters. The molecule has 0 saturated carbocycles. The molecule has 2 saturated heterocycles. The van der Waals surface area contributed by atoms with Gasteiger partial charge in [-0.2, -0.15) is 0 Å². The molecule has 0 unspecified atom stereocenters. The Morgan fingerprint density at radius 1 is 0.905 bits per heavy atom. The van der Waals surface area contributed by atoms with Crippen LogP contribution in [0.5, 0.6) is 0 Å². The molecule has 2 rings (SSSR count). The Kier molecular flexibility index (Phi) is 4.82. The van der Waals surface area contributed by atoms with Crippen molar-refractivity contribution in [3.63, 3.8) is 0 Å². The quantitative estimate of drug-likeness (QED) is 0.546. The highest BCUT2D eigenvalue weighted by Gasteiger charge is 2.51. The van der Waals surface area contributed by atoms with E-state index in [0.717, 1.165) is 13.0 Å². The van der Waals surface area contributed by atoms with Crippen molar-refractivity contribution < 1.29 is 28.6 Å². The van der Waals surface area contributed by atoms with Crippen LogP contribution in [-0.2, 0) is 28.6 Å². The topological polar surface area (TPSA) is 82.1 Å². The number of nitrogens with zero attached hydrogens (tertiary/aromatic N) is 1. The maximum Gasteiger partial charge on any atom is 0.303 e. The fourth-order valence-electron chi connectivity index (χ4n) is 3.23. The van der Waals surface area contributed by atoms with E-state index in [9.17, 15) is 14.4 Å². The van der Waals surface area contributed by atoms with E-state index in [1.165, 1.54) is 20.8 Å². The second-order valence-corrected chi connectivity index (χ2v) is 5.50. The molecule has 21 heavy (non-hydrogen) atoms. The lowest BCUT2D eigenvalue weighted by Gasteiger charge is -2.37. The van der Waals surface area contributed by atoms with Gasteiger partial charge in [-0.3, -0.25) is 19.3 Å². The molecule has 2 aliphatic rings. The van der Waals surface area contributed by atoms with Crippen molar-refractivity contribution in [3.05, 3.63) is 0 Å². The summed E-state index contributed by atoms with van der Waals surface area (Å²) >= 11 is 0. The molecule has 2 heterocycles. The van der Waals surface area contributed by atoms with Crippen LogP contribution in [0.3, 0.4) is 0 Å². The van der Waals surface area contributed by atoms with Gasteiger partial charge >= 0.3 is 17.9 Å². The summed E-state index contributed by atoms with van der Waals surface area (Å²) in [5.74, 6) is -1.22. The van der Waals surface area contributed by atoms with Gasteiger partial charge < -0.3 is 14.2 Å². The Morgan fingerprint density at radius 2 is 1.48 bits per heavy atom. The van der Waals surface area contributed by atoms with Crippen LogP contribution in [0.15, 0.2) is 0 Å². The summed E-state index contributed by atoms with van der Waals surface area (Å²) in [5.41, 5.74) is 0. The molecular formula is C14H21NO6. The summed E-state index contributed by atoms with van der Waals surface area (Å²) in [6.07, 6.45) is 0.129. The second kappa shape index (κ2) is 6.43. The Balaban J connectivity index is 2.20. The van der Waals surface area contributed by atoms with E-state index in [4.69, 9.17) is 14.2 Å². The third-order valence-corrected chi connectivity index (χ3v) is 3.79. The van der Waals surface area contributed by atoms with Gasteiger partial charge in [-0.25, -0.2) is 0 Å². The lowest BCUT2D eigenvalue weighted by atomic mass is 9.96. The molecule has 0 amide bonds. The number of ether oxygens (including phenoxy) is 3. The molecule has 0 aromatic carbocycles. The van der Waals surface area contributed by atoms with Gasteiger partial charge in [-0.15, -0.1) is 0 Å². The lowest BCUT2D eigenvalue weighted by molar-refractivity contribution is -0.169. The van der Waals surface area contributed by atoms with E-state index < -0.39 is 24.1 Å². The molecule has 2 aliphatic heterocycles. The molecule has 0 aliphatic carbocycles. The van der Waals surface area contributed by atoms with Crippen molar-refractivity contribution in [3.8, 4) is 0 Å². The van der Waals surface area contributed by atoms with E-state index in [0.29, 0.717) is 13.0 Å². The van der Waals surface area contributed by atoms with Crippen molar-refractivity contribution in [2.75, 3.05) is 13.1 Å². The molecular weight excluding hydrogens is 278 g/mol. The highest BCUT2D eigenvalue weighted by molar-refractivity contribution is 5.68. The molecule has 2 fully saturated rings. The van der Waals surface area contributed by atoms with Crippen LogP contribution in [-0.4, -0.2) is 60.3 Å². The first-order valence-corrected chi connectivity index (χ1v) is 7.14. The second-order valence-electron chi connectivity index (χ2n) is 5.50. The standard InChI is InChI=1S/C14H21NO6/c1-8(16)19-11-5-4-6-15-7-12(20-9(2)17)14(13(11)15)21-10(3)18/h11-14H,4-7H2,1-3H3/t11-,12+,13+,14+/m0/s1. The van der Waals surface area contributed by atoms with E-state index in [1.807, 2.05) is 0 Å². The van der Waals surface area contributed by atoms with E-state index in [2.05, 4.69) is 4.90 Å². The monoisotopic (exact) mass is 299 g/mol. The largest absolute Gasteiger partial charge is 0.461 e. The first-order chi connectivity index (χ1) is 9.88. The Hall–Kier alpha value is -1.63. The number of hydrogen-bond acceptors (Lipinski definition) is 7. The zero-order chi connectivity index (χ0) is 15.6. The van der Waals surface area contributed by atoms with Crippen molar-refractivity contribution in [1.29, 1.82) is 0 Å². The average Bonchev–Trinajstić information content (AvgIpc) is 2.66. The summed E-state index contributed by atoms with van der Waals surface area (Å²) in [6.45, 7) is 5.29. The number of piperidine rings is 1. The summed E-state index contributed by atoms with van der Waals surface area (Å²) in [5, 5.41) is 0. The third kappa shape index (κ3) is 3.72. The number of carbonyl (C=O) groups excluding carboxylic acids is 3. The fraction of sp³-hybridized carbons (Fsp3) is 0.786. The van der Waals surface area contributed by atoms with Crippen LogP contribution < -0.4 is 0 Å². The summed E-state index contributed by atoms with van der Waals surface area (Å²) in [6, 6.07) is -0.254. The zero-order valence-electron chi connectivity index (χ0n) is 12.5. The molecule has 7 heteroatoms. The van der Waals surface area contributed by atoms with Gasteiger partial charge in [0.1, 0.15) is 6.10 Å². The van der Waals surface area contributed by atoms with E-state index in [-0.39, 0.29) is 18.1 Å². The van der Waals surface area contributed by atoms with Crippen molar-refractivity contribution in [2.24, 2.45) is 0 Å². The highest BCUT2D eigenvalue weighted by atomic mass is 16.6. The molecule has 0 spiro atoms. The number of fused-ring (bicyclic) bond motifs is 1. The maximum atomic E-state index is 11.3. The molecule has 7 nitrogen and oxygen atoms in total. The molecule has 0 bridgehead atoms. The fourth-order valence-corrected chi connectivity index (χ4v) is 3.23. The van der Waals surface area contributed by atoms with Crippen molar-refractivity contribution in [1.82, 2.24) is 4.90 Å². The van der Waals surface area contributed by atoms with Crippen LogP contribution in [0.2, 0.25) is 0 Å². The van der Waals surface area contributed by atoms with Crippen molar-refractivity contribution >= 4 is 17.9 Å². The first kappa shape index (κ1) is 15.8. The Bertz CT molecular complexity index is 437. The smallest absolute Gasteiger partial charge is 0.303 e. The predicted molar refractivity (Wildman–Crippen MR) is 71.3 cm³/mol. The predicted octanol–water partition coefficient (Wildman–Crippen LogP) is 0.259. The minimum absolute atomic E-state index is 0.254. The normalized spacial score (nSPS) is 32.1. The number of rotatable bonds is 3. The maximum absolute atomic E-state index is 11.3. The van der Waals surface area contributed by atoms with Crippen molar-refractivity contribution in [2.45, 2.75) is 58.0 Å². The Morgan fingerprint density at radius 3 is 2.05 bits per heavy atom. The van der Waals surface area contributed by atoms with Gasteiger partial charge in [0.15, 0.2) is 12.2 Å². The lowest BCUT2D eigenvalue weighted by Crippen LogP contribution is -2.51. The van der Waals surface area contributed by atoms with Crippen LogP contribution in [0.1, 0.15) is 33.6 Å². The average molecular weight is 299 g/mol. The third-order valence-electron chi connectivity index (χ3n) is 3.79. The summed E-state index contributed by atoms with van der Waals surface area (Å²) in [4.78, 5) is 35.9. The van der Waals surface area contributed by atoms with Gasteiger partial charge in [-0.05, 0) is 19.4 Å². The SMILES string of the molecule is CC(=O)O[C@H]1[C@H]2[C@@H](OC(C)=O)CCCN2C[C@H]1OC(C)=O. The molecule has 0 radical (unpaired) electrons. The Labute approximate surface area is 123 Å². The minimum atomic E-state index is -0.601. The van der Waals surface area contributed by atoms with Crippen LogP contribution >= 0.6 is 0 Å². The van der Waals surface area contributed by atoms with Gasteiger partial charge in [0.25, 0.3) is 0 Å². The van der Waals surface area contributed by atoms with Gasteiger partial charge in [0.05, 0.1) is 6.04 Å². The number of hydrogen-bond donors (Lipinski definition) is 0. The summed E-state index contributed by atoms with van der Waals surface area (Å²) in [7, 11) is 0.